The number of anilines is 1. The van der Waals surface area contributed by atoms with Crippen LogP contribution in [0.2, 0.25) is 0 Å². The van der Waals surface area contributed by atoms with Gasteiger partial charge in [0, 0.05) is 24.5 Å². The summed E-state index contributed by atoms with van der Waals surface area (Å²) in [5.74, 6) is 0.303. The van der Waals surface area contributed by atoms with Crippen LogP contribution >= 0.6 is 0 Å². The van der Waals surface area contributed by atoms with E-state index in [4.69, 9.17) is 9.47 Å². The molecule has 0 radical (unpaired) electrons. The van der Waals surface area contributed by atoms with Crippen molar-refractivity contribution in [2.45, 2.75) is 65.2 Å². The number of H-pyrrole nitrogens is 1. The number of unbranched alkanes of at least 4 members (excludes halogenated alkanes) is 1. The molecule has 2 amide bonds. The quantitative estimate of drug-likeness (QED) is 0.160. The summed E-state index contributed by atoms with van der Waals surface area (Å²) in [4.78, 5) is 36.9. The number of carbonyl (C=O) groups is 2. The molecule has 11 nitrogen and oxygen atoms in total. The number of alkyl carbamates (subject to hydrolysis) is 1. The van der Waals surface area contributed by atoms with E-state index in [-0.39, 0.29) is 6.42 Å². The Labute approximate surface area is 226 Å². The maximum atomic E-state index is 12.6. The zero-order valence-electron chi connectivity index (χ0n) is 23.0. The van der Waals surface area contributed by atoms with Crippen molar-refractivity contribution in [1.29, 1.82) is 0 Å². The number of hydrogen-bond acceptors (Lipinski definition) is 7. The summed E-state index contributed by atoms with van der Waals surface area (Å²) in [6.45, 7) is 7.97. The van der Waals surface area contributed by atoms with Gasteiger partial charge in [-0.3, -0.25) is 10.6 Å². The molecule has 4 rings (SSSR count). The molecule has 11 heteroatoms. The van der Waals surface area contributed by atoms with Crippen LogP contribution in [-0.2, 0) is 22.9 Å². The summed E-state index contributed by atoms with van der Waals surface area (Å²) in [5.41, 5.74) is 3.83. The lowest BCUT2D eigenvalue weighted by atomic mass is 10.1. The number of hydrogen-bond donors (Lipinski definition) is 4. The molecule has 3 aromatic heterocycles. The molecule has 3 heterocycles. The number of nitrogens with zero attached hydrogens (tertiary/aromatic N) is 3. The number of amides is 2. The Morgan fingerprint density at radius 3 is 2.74 bits per heavy atom. The van der Waals surface area contributed by atoms with Crippen LogP contribution in [0, 0.1) is 0 Å². The smallest absolute Gasteiger partial charge is 0.413 e. The average Bonchev–Trinajstić information content (AvgIpc) is 3.47. The normalized spacial score (nSPS) is 12.5. The number of aliphatic hydroxyl groups excluding tert-OH is 1. The molecule has 4 N–H and O–H groups in total. The van der Waals surface area contributed by atoms with Crippen molar-refractivity contribution < 1.29 is 24.2 Å². The van der Waals surface area contributed by atoms with Crippen molar-refractivity contribution in [2.24, 2.45) is 7.05 Å². The van der Waals surface area contributed by atoms with Gasteiger partial charge in [0.15, 0.2) is 5.82 Å². The first kappa shape index (κ1) is 27.9. The number of carbonyl (C=O) groups excluding carboxylic acids is 2. The number of imidazole rings is 1. The lowest BCUT2D eigenvalue weighted by Crippen LogP contribution is -2.36. The third kappa shape index (κ3) is 6.66. The van der Waals surface area contributed by atoms with Crippen LogP contribution in [0.5, 0.6) is 0 Å². The van der Waals surface area contributed by atoms with E-state index in [0.717, 1.165) is 40.6 Å². The molecule has 208 valence electrons. The summed E-state index contributed by atoms with van der Waals surface area (Å²) in [6, 6.07) is 9.61. The predicted octanol–water partition coefficient (Wildman–Crippen LogP) is 5.24. The highest BCUT2D eigenvalue weighted by Gasteiger charge is 2.23. The molecule has 0 aliphatic heterocycles. The molecule has 1 unspecified atom stereocenters. The van der Waals surface area contributed by atoms with Crippen LogP contribution in [0.1, 0.15) is 52.5 Å². The zero-order chi connectivity index (χ0) is 28.2. The number of benzene rings is 1. The summed E-state index contributed by atoms with van der Waals surface area (Å²) >= 11 is 0. The molecule has 1 atom stereocenters. The number of ether oxygens (including phenoxy) is 2. The van der Waals surface area contributed by atoms with Crippen molar-refractivity contribution in [3.05, 3.63) is 42.2 Å². The van der Waals surface area contributed by atoms with Gasteiger partial charge in [0.2, 0.25) is 0 Å². The number of aromatic nitrogens is 4. The largest absolute Gasteiger partial charge is 0.450 e. The van der Waals surface area contributed by atoms with Gasteiger partial charge in [-0.2, -0.15) is 0 Å². The summed E-state index contributed by atoms with van der Waals surface area (Å²) < 4.78 is 12.5. The van der Waals surface area contributed by atoms with Crippen molar-refractivity contribution in [3.63, 3.8) is 0 Å². The fourth-order valence-corrected chi connectivity index (χ4v) is 4.11. The predicted molar refractivity (Wildman–Crippen MR) is 149 cm³/mol. The number of fused-ring (bicyclic) bond motifs is 3. The van der Waals surface area contributed by atoms with Gasteiger partial charge in [0.05, 0.1) is 18.5 Å². The zero-order valence-corrected chi connectivity index (χ0v) is 23.0. The second-order valence-electron chi connectivity index (χ2n) is 10.1. The van der Waals surface area contributed by atoms with Crippen LogP contribution in [-0.4, -0.2) is 55.2 Å². The molecule has 0 aliphatic rings. The first-order chi connectivity index (χ1) is 18.6. The fraction of sp³-hybridized carbons (Fsp3) is 0.429. The van der Waals surface area contributed by atoms with E-state index in [1.54, 1.807) is 6.33 Å². The highest BCUT2D eigenvalue weighted by molar-refractivity contribution is 6.09. The van der Waals surface area contributed by atoms with Gasteiger partial charge in [-0.1, -0.05) is 38.5 Å². The minimum Gasteiger partial charge on any atom is -0.450 e. The molecule has 0 saturated heterocycles. The number of aromatic amines is 1. The molecule has 0 spiro atoms. The van der Waals surface area contributed by atoms with Gasteiger partial charge in [-0.25, -0.2) is 19.6 Å². The van der Waals surface area contributed by atoms with Crippen molar-refractivity contribution in [2.75, 3.05) is 11.9 Å². The molecule has 0 fully saturated rings. The highest BCUT2D eigenvalue weighted by atomic mass is 16.6. The van der Waals surface area contributed by atoms with E-state index >= 15 is 0 Å². The van der Waals surface area contributed by atoms with Gasteiger partial charge in [-0.15, -0.1) is 0 Å². The van der Waals surface area contributed by atoms with Crippen LogP contribution in [0.4, 0.5) is 15.4 Å². The van der Waals surface area contributed by atoms with E-state index in [1.165, 1.54) is 0 Å². The Kier molecular flexibility index (Phi) is 8.39. The van der Waals surface area contributed by atoms with Gasteiger partial charge in [0.1, 0.15) is 23.0 Å². The van der Waals surface area contributed by atoms with Gasteiger partial charge in [-0.05, 0) is 49.9 Å². The van der Waals surface area contributed by atoms with Crippen LogP contribution < -0.4 is 10.6 Å². The fourth-order valence-electron chi connectivity index (χ4n) is 4.11. The summed E-state index contributed by atoms with van der Waals surface area (Å²) in [7, 11) is 1.88. The number of pyridine rings is 1. The first-order valence-electron chi connectivity index (χ1n) is 13.1. The van der Waals surface area contributed by atoms with Crippen molar-refractivity contribution >= 4 is 40.1 Å². The number of aryl methyl sites for hydroxylation is 1. The number of rotatable bonds is 10. The molecule has 0 aliphatic carbocycles. The third-order valence-corrected chi connectivity index (χ3v) is 6.56. The van der Waals surface area contributed by atoms with Crippen LogP contribution in [0.25, 0.3) is 33.3 Å². The molecule has 39 heavy (non-hydrogen) atoms. The van der Waals surface area contributed by atoms with Crippen LogP contribution in [0.15, 0.2) is 36.7 Å². The second-order valence-corrected chi connectivity index (χ2v) is 10.1. The molecule has 0 saturated carbocycles. The minimum atomic E-state index is -1.08. The van der Waals surface area contributed by atoms with Gasteiger partial charge < -0.3 is 24.1 Å². The lowest BCUT2D eigenvalue weighted by Gasteiger charge is -2.23. The number of nitrogens with one attached hydrogen (secondary N) is 3. The van der Waals surface area contributed by atoms with E-state index in [2.05, 4.69) is 25.6 Å². The van der Waals surface area contributed by atoms with Gasteiger partial charge >= 0.3 is 12.2 Å². The SMILES string of the molecule is CCCCOC(=O)NC(O)Cc1cccc(-c2cc3c(nc(NC(=O)OC(C)(C)CC)c4ncn(C)c43)[nH]2)c1. The van der Waals surface area contributed by atoms with E-state index in [9.17, 15) is 14.7 Å². The summed E-state index contributed by atoms with van der Waals surface area (Å²) in [6.07, 6.45) is 1.93. The molecular weight excluding hydrogens is 500 g/mol. The maximum Gasteiger partial charge on any atom is 0.413 e. The third-order valence-electron chi connectivity index (χ3n) is 6.56. The van der Waals surface area contributed by atoms with Crippen molar-refractivity contribution in [1.82, 2.24) is 24.8 Å². The van der Waals surface area contributed by atoms with E-state index in [0.29, 0.717) is 30.0 Å². The van der Waals surface area contributed by atoms with Crippen molar-refractivity contribution in [3.8, 4) is 11.3 Å². The monoisotopic (exact) mass is 536 g/mol. The second kappa shape index (κ2) is 11.7. The Morgan fingerprint density at radius 1 is 1.21 bits per heavy atom. The first-order valence-corrected chi connectivity index (χ1v) is 13.1. The highest BCUT2D eigenvalue weighted by Crippen LogP contribution is 2.32. The Bertz CT molecular complexity index is 1470. The molecular formula is C28H36N6O5. The lowest BCUT2D eigenvalue weighted by molar-refractivity contribution is 0.0461. The minimum absolute atomic E-state index is 0.214. The topological polar surface area (TPSA) is 143 Å². The number of aliphatic hydroxyl groups is 1. The molecule has 1 aromatic carbocycles. The van der Waals surface area contributed by atoms with Gasteiger partial charge in [0.25, 0.3) is 0 Å². The standard InChI is InChI=1S/C28H36N6O5/c1-6-8-12-38-26(36)31-21(35)14-17-10-9-11-18(13-17)20-15-19-23-22(29-16-34(23)5)25(32-24(19)30-20)33-27(37)39-28(3,4)7-2/h9-11,13,15-16,21,35H,6-8,12,14H2,1-5H3,(H,31,36)(H2,30,32,33,37). The Hall–Kier alpha value is -4.12. The maximum absolute atomic E-state index is 12.6. The molecule has 0 bridgehead atoms. The van der Waals surface area contributed by atoms with E-state index < -0.39 is 24.0 Å². The molecule has 4 aromatic rings. The average molecular weight is 537 g/mol. The van der Waals surface area contributed by atoms with E-state index in [1.807, 2.05) is 69.6 Å². The summed E-state index contributed by atoms with van der Waals surface area (Å²) in [5, 5.41) is 16.4. The van der Waals surface area contributed by atoms with Crippen LogP contribution in [0.3, 0.4) is 0 Å². The Balaban J connectivity index is 1.58. The Morgan fingerprint density at radius 2 is 2.00 bits per heavy atom.